The molecule has 25 heavy (non-hydrogen) atoms. The van der Waals surface area contributed by atoms with Crippen molar-refractivity contribution in [2.45, 2.75) is 33.0 Å². The molecule has 2 amide bonds. The third kappa shape index (κ3) is 5.87. The Bertz CT molecular complexity index is 682. The lowest BCUT2D eigenvalue weighted by molar-refractivity contribution is 0.206. The molecule has 1 aromatic heterocycles. The molecule has 0 spiro atoms. The van der Waals surface area contributed by atoms with E-state index in [1.165, 1.54) is 11.1 Å². The number of carbonyl (C=O) groups is 1. The zero-order chi connectivity index (χ0) is 18.2. The van der Waals surface area contributed by atoms with Crippen molar-refractivity contribution >= 4 is 6.03 Å². The molecule has 5 heteroatoms. The molecule has 0 aliphatic rings. The second-order valence-electron chi connectivity index (χ2n) is 6.53. The van der Waals surface area contributed by atoms with Crippen LogP contribution in [0.4, 0.5) is 4.79 Å². The van der Waals surface area contributed by atoms with Crippen molar-refractivity contribution < 1.29 is 4.79 Å². The van der Waals surface area contributed by atoms with Crippen LogP contribution in [-0.4, -0.2) is 42.0 Å². The van der Waals surface area contributed by atoms with E-state index in [0.29, 0.717) is 13.1 Å². The Balaban J connectivity index is 1.91. The van der Waals surface area contributed by atoms with E-state index in [2.05, 4.69) is 40.3 Å². The third-order valence-electron chi connectivity index (χ3n) is 4.08. The summed E-state index contributed by atoms with van der Waals surface area (Å²) in [5, 5.41) is 3.00. The van der Waals surface area contributed by atoms with E-state index in [1.807, 2.05) is 38.5 Å². The highest BCUT2D eigenvalue weighted by Gasteiger charge is 2.11. The van der Waals surface area contributed by atoms with Crippen LogP contribution in [0.25, 0.3) is 0 Å². The lowest BCUT2D eigenvalue weighted by atomic mass is 10.1. The number of amides is 2. The van der Waals surface area contributed by atoms with Crippen molar-refractivity contribution in [2.75, 3.05) is 21.1 Å². The van der Waals surface area contributed by atoms with Gasteiger partial charge >= 0.3 is 6.03 Å². The van der Waals surface area contributed by atoms with Gasteiger partial charge in [0.05, 0.1) is 12.2 Å². The molecule has 0 bridgehead atoms. The molecule has 5 nitrogen and oxygen atoms in total. The number of nitrogens with zero attached hydrogens (tertiary/aromatic N) is 3. The average molecular weight is 340 g/mol. The Morgan fingerprint density at radius 3 is 2.36 bits per heavy atom. The smallest absolute Gasteiger partial charge is 0.317 e. The van der Waals surface area contributed by atoms with E-state index in [1.54, 1.807) is 11.9 Å². The summed E-state index contributed by atoms with van der Waals surface area (Å²) in [6.45, 7) is 3.98. The van der Waals surface area contributed by atoms with Crippen molar-refractivity contribution in [1.82, 2.24) is 20.1 Å². The maximum atomic E-state index is 12.4. The summed E-state index contributed by atoms with van der Waals surface area (Å²) >= 11 is 0. The minimum absolute atomic E-state index is 0.0963. The first-order valence-electron chi connectivity index (χ1n) is 8.64. The van der Waals surface area contributed by atoms with Crippen LogP contribution in [0.1, 0.15) is 29.3 Å². The van der Waals surface area contributed by atoms with Crippen molar-refractivity contribution in [3.8, 4) is 0 Å². The van der Waals surface area contributed by atoms with E-state index >= 15 is 0 Å². The fourth-order valence-corrected chi connectivity index (χ4v) is 2.60. The molecular formula is C20H28N4O. The van der Waals surface area contributed by atoms with E-state index < -0.39 is 0 Å². The molecular weight excluding hydrogens is 312 g/mol. The average Bonchev–Trinajstić information content (AvgIpc) is 2.60. The van der Waals surface area contributed by atoms with Gasteiger partial charge in [-0.2, -0.15) is 0 Å². The molecule has 1 heterocycles. The van der Waals surface area contributed by atoms with Gasteiger partial charge in [-0.25, -0.2) is 4.79 Å². The number of aromatic nitrogens is 1. The first kappa shape index (κ1) is 18.9. The van der Waals surface area contributed by atoms with Gasteiger partial charge in [0.15, 0.2) is 0 Å². The third-order valence-corrected chi connectivity index (χ3v) is 4.08. The number of benzene rings is 1. The molecule has 0 aliphatic heterocycles. The van der Waals surface area contributed by atoms with Gasteiger partial charge < -0.3 is 15.1 Å². The van der Waals surface area contributed by atoms with Crippen LogP contribution >= 0.6 is 0 Å². The molecule has 0 radical (unpaired) electrons. The maximum Gasteiger partial charge on any atom is 0.317 e. The number of hydrogen-bond acceptors (Lipinski definition) is 3. The summed E-state index contributed by atoms with van der Waals surface area (Å²) in [6, 6.07) is 12.1. The first-order valence-corrected chi connectivity index (χ1v) is 8.64. The number of rotatable bonds is 7. The molecule has 0 atom stereocenters. The topological polar surface area (TPSA) is 48.5 Å². The standard InChI is InChI=1S/C20H28N4O/c1-5-16-10-11-19(21-12-16)15-24(4)20(25)22-13-17-8-6-7-9-18(17)14-23(2)3/h6-12H,5,13-15H2,1-4H3,(H,22,25). The monoisotopic (exact) mass is 340 g/mol. The molecule has 1 N–H and O–H groups in total. The highest BCUT2D eigenvalue weighted by Crippen LogP contribution is 2.11. The number of nitrogens with one attached hydrogen (secondary N) is 1. The number of pyridine rings is 1. The largest absolute Gasteiger partial charge is 0.334 e. The predicted molar refractivity (Wildman–Crippen MR) is 101 cm³/mol. The number of hydrogen-bond donors (Lipinski definition) is 1. The van der Waals surface area contributed by atoms with Gasteiger partial charge in [-0.1, -0.05) is 37.3 Å². The summed E-state index contributed by atoms with van der Waals surface area (Å²) in [4.78, 5) is 20.5. The fraction of sp³-hybridized carbons (Fsp3) is 0.400. The number of aryl methyl sites for hydroxylation is 1. The van der Waals surface area contributed by atoms with Gasteiger partial charge in [0.1, 0.15) is 0 Å². The fourth-order valence-electron chi connectivity index (χ4n) is 2.60. The minimum atomic E-state index is -0.0963. The maximum absolute atomic E-state index is 12.4. The lowest BCUT2D eigenvalue weighted by Gasteiger charge is -2.19. The zero-order valence-corrected chi connectivity index (χ0v) is 15.6. The summed E-state index contributed by atoms with van der Waals surface area (Å²) < 4.78 is 0. The quantitative estimate of drug-likeness (QED) is 0.843. The van der Waals surface area contributed by atoms with Gasteiger partial charge in [-0.15, -0.1) is 0 Å². The molecule has 2 aromatic rings. The van der Waals surface area contributed by atoms with Gasteiger partial charge in [0, 0.05) is 26.3 Å². The van der Waals surface area contributed by atoms with Gasteiger partial charge in [-0.05, 0) is 43.3 Å². The molecule has 0 saturated carbocycles. The van der Waals surface area contributed by atoms with Crippen LogP contribution in [0.5, 0.6) is 0 Å². The van der Waals surface area contributed by atoms with Crippen molar-refractivity contribution in [1.29, 1.82) is 0 Å². The van der Waals surface area contributed by atoms with Crippen LogP contribution in [0, 0.1) is 0 Å². The van der Waals surface area contributed by atoms with Crippen LogP contribution in [0.15, 0.2) is 42.6 Å². The van der Waals surface area contributed by atoms with Crippen molar-refractivity contribution in [3.63, 3.8) is 0 Å². The Morgan fingerprint density at radius 2 is 1.76 bits per heavy atom. The summed E-state index contributed by atoms with van der Waals surface area (Å²) in [5.41, 5.74) is 4.46. The zero-order valence-electron chi connectivity index (χ0n) is 15.6. The Hall–Kier alpha value is -2.40. The molecule has 1 aromatic carbocycles. The van der Waals surface area contributed by atoms with E-state index in [4.69, 9.17) is 0 Å². The molecule has 134 valence electrons. The van der Waals surface area contributed by atoms with Gasteiger partial charge in [-0.3, -0.25) is 4.98 Å². The van der Waals surface area contributed by atoms with Gasteiger partial charge in [0.2, 0.25) is 0 Å². The molecule has 0 aliphatic carbocycles. The summed E-state index contributed by atoms with van der Waals surface area (Å²) in [7, 11) is 5.87. The second-order valence-corrected chi connectivity index (χ2v) is 6.53. The summed E-state index contributed by atoms with van der Waals surface area (Å²) in [5.74, 6) is 0. The molecule has 2 rings (SSSR count). The number of carbonyl (C=O) groups excluding carboxylic acids is 1. The Labute approximate surface area is 150 Å². The van der Waals surface area contributed by atoms with Crippen LogP contribution in [0.3, 0.4) is 0 Å². The van der Waals surface area contributed by atoms with Crippen LogP contribution in [-0.2, 0) is 26.1 Å². The summed E-state index contributed by atoms with van der Waals surface area (Å²) in [6.07, 6.45) is 2.84. The Kier molecular flexibility index (Phi) is 6.95. The highest BCUT2D eigenvalue weighted by molar-refractivity contribution is 5.73. The van der Waals surface area contributed by atoms with Crippen molar-refractivity contribution in [2.24, 2.45) is 0 Å². The normalized spacial score (nSPS) is 10.8. The molecule has 0 fully saturated rings. The Morgan fingerprint density at radius 1 is 1.04 bits per heavy atom. The predicted octanol–water partition coefficient (Wildman–Crippen LogP) is 3.05. The van der Waals surface area contributed by atoms with E-state index in [0.717, 1.165) is 24.2 Å². The minimum Gasteiger partial charge on any atom is -0.334 e. The van der Waals surface area contributed by atoms with E-state index in [-0.39, 0.29) is 6.03 Å². The molecule has 0 unspecified atom stereocenters. The SMILES string of the molecule is CCc1ccc(CN(C)C(=O)NCc2ccccc2CN(C)C)nc1. The highest BCUT2D eigenvalue weighted by atomic mass is 16.2. The second kappa shape index (κ2) is 9.18. The van der Waals surface area contributed by atoms with Crippen LogP contribution in [0.2, 0.25) is 0 Å². The molecule has 0 saturated heterocycles. The van der Waals surface area contributed by atoms with Gasteiger partial charge in [0.25, 0.3) is 0 Å². The first-order chi connectivity index (χ1) is 12.0. The van der Waals surface area contributed by atoms with E-state index in [9.17, 15) is 4.79 Å². The number of urea groups is 1. The van der Waals surface area contributed by atoms with Crippen molar-refractivity contribution in [3.05, 3.63) is 65.0 Å². The lowest BCUT2D eigenvalue weighted by Crippen LogP contribution is -2.36. The van der Waals surface area contributed by atoms with Crippen LogP contribution < -0.4 is 5.32 Å².